The number of carbonyl (C=O) groups excluding carboxylic acids is 9. The maximum absolute atomic E-state index is 15.6. The molecule has 0 bridgehead atoms. The van der Waals surface area contributed by atoms with E-state index in [-0.39, 0.29) is 76.3 Å². The van der Waals surface area contributed by atoms with E-state index in [0.717, 1.165) is 17.1 Å². The molecule has 24 nitrogen and oxygen atoms in total. The molecular formula is C55H58FN9O15. The highest BCUT2D eigenvalue weighted by atomic mass is 19.1. The van der Waals surface area contributed by atoms with Gasteiger partial charge in [-0.3, -0.25) is 52.8 Å². The molecule has 1 saturated carbocycles. The molecule has 2 aromatic carbocycles. The maximum atomic E-state index is 15.6. The second-order valence-corrected chi connectivity index (χ2v) is 20.4. The van der Waals surface area contributed by atoms with E-state index in [2.05, 4.69) is 31.9 Å². The zero-order valence-electron chi connectivity index (χ0n) is 43.7. The van der Waals surface area contributed by atoms with Crippen molar-refractivity contribution in [3.05, 3.63) is 110 Å². The summed E-state index contributed by atoms with van der Waals surface area (Å²) < 4.78 is 27.6. The summed E-state index contributed by atoms with van der Waals surface area (Å²) in [6, 6.07) is 10.2. The van der Waals surface area contributed by atoms with E-state index >= 15 is 4.39 Å². The molecule has 0 saturated heterocycles. The SMILES string of the molecule is CC[C@@]1(O)C(=O)OCc2c1cc1n(c2=O)Cc2c-1nc1cc(F)c(C)c3c1c2[C@@H](CNC(=O)C1(NC(=O)CNC(=O)[C@H](Cc2ccccc2)NC(=O)CNC(=O)CNC(=O)CCOCCN2C(=O)C=CC2=O)CC1CC(=O)O)CC3. The fourth-order valence-corrected chi connectivity index (χ4v) is 11.0. The van der Waals surface area contributed by atoms with Crippen LogP contribution in [0, 0.1) is 18.7 Å². The van der Waals surface area contributed by atoms with Crippen molar-refractivity contribution in [2.24, 2.45) is 5.92 Å². The number of rotatable bonds is 23. The number of carboxylic acids is 1. The van der Waals surface area contributed by atoms with E-state index in [1.165, 1.54) is 10.6 Å². The van der Waals surface area contributed by atoms with Gasteiger partial charge in [-0.1, -0.05) is 37.3 Å². The fourth-order valence-electron chi connectivity index (χ4n) is 11.0. The fraction of sp³-hybridized carbons (Fsp3) is 0.418. The Bertz CT molecular complexity index is 3370. The third-order valence-electron chi connectivity index (χ3n) is 15.4. The molecule has 0 radical (unpaired) electrons. The minimum atomic E-state index is -2.09. The number of nitrogens with zero attached hydrogens (tertiary/aromatic N) is 3. The Hall–Kier alpha value is -8.71. The molecule has 8 N–H and O–H groups in total. The van der Waals surface area contributed by atoms with Gasteiger partial charge >= 0.3 is 11.9 Å². The van der Waals surface area contributed by atoms with Crippen molar-refractivity contribution in [3.63, 3.8) is 0 Å². The lowest BCUT2D eigenvalue weighted by Crippen LogP contribution is -2.55. The van der Waals surface area contributed by atoms with Crippen LogP contribution in [0.25, 0.3) is 22.3 Å². The van der Waals surface area contributed by atoms with Crippen LogP contribution < -0.4 is 37.5 Å². The van der Waals surface area contributed by atoms with Gasteiger partial charge in [-0.25, -0.2) is 14.2 Å². The molecule has 2 aromatic heterocycles. The number of cyclic esters (lactones) is 1. The molecule has 2 aliphatic carbocycles. The van der Waals surface area contributed by atoms with Crippen molar-refractivity contribution in [1.29, 1.82) is 0 Å². The second kappa shape index (κ2) is 22.9. The van der Waals surface area contributed by atoms with Crippen LogP contribution in [0.2, 0.25) is 0 Å². The number of fused-ring (bicyclic) bond motifs is 5. The van der Waals surface area contributed by atoms with E-state index < -0.39 is 126 Å². The van der Waals surface area contributed by atoms with E-state index in [9.17, 15) is 63.0 Å². The van der Waals surface area contributed by atoms with Crippen molar-refractivity contribution in [2.75, 3.05) is 45.9 Å². The number of hydrogen-bond acceptors (Lipinski definition) is 15. The van der Waals surface area contributed by atoms with E-state index in [1.807, 2.05) is 0 Å². The van der Waals surface area contributed by atoms with Gasteiger partial charge in [-0.2, -0.15) is 0 Å². The summed E-state index contributed by atoms with van der Waals surface area (Å²) >= 11 is 0. The summed E-state index contributed by atoms with van der Waals surface area (Å²) in [7, 11) is 0. The lowest BCUT2D eigenvalue weighted by Gasteiger charge is -2.31. The minimum absolute atomic E-state index is 0.000667. The summed E-state index contributed by atoms with van der Waals surface area (Å²) in [5.41, 5.74) is -0.0101. The first-order valence-electron chi connectivity index (χ1n) is 26.1. The zero-order valence-corrected chi connectivity index (χ0v) is 43.7. The Kier molecular flexibility index (Phi) is 16.1. The van der Waals surface area contributed by atoms with E-state index in [4.69, 9.17) is 14.5 Å². The summed E-state index contributed by atoms with van der Waals surface area (Å²) in [6.07, 6.45) is 2.31. The number of aryl methyl sites for hydroxylation is 1. The highest BCUT2D eigenvalue weighted by molar-refractivity contribution is 6.13. The Morgan fingerprint density at radius 1 is 0.887 bits per heavy atom. The zero-order chi connectivity index (χ0) is 57.2. The van der Waals surface area contributed by atoms with E-state index in [0.29, 0.717) is 62.9 Å². The lowest BCUT2D eigenvalue weighted by atomic mass is 9.78. The maximum Gasteiger partial charge on any atom is 0.343 e. The number of nitrogens with one attached hydrogen (secondary N) is 6. The Morgan fingerprint density at radius 2 is 1.60 bits per heavy atom. The number of imide groups is 1. The quantitative estimate of drug-likeness (QED) is 0.0231. The normalized spacial score (nSPS) is 20.4. The predicted octanol–water partition coefficient (Wildman–Crippen LogP) is -0.569. The summed E-state index contributed by atoms with van der Waals surface area (Å²) in [5, 5.41) is 37.2. The third kappa shape index (κ3) is 11.3. The number of aliphatic carboxylic acids is 1. The topological polar surface area (TPSA) is 340 Å². The first-order chi connectivity index (χ1) is 38.2. The molecule has 8 amide bonds. The van der Waals surface area contributed by atoms with Gasteiger partial charge in [0.05, 0.1) is 74.8 Å². The molecule has 1 fully saturated rings. The average molecular weight is 1100 g/mol. The first kappa shape index (κ1) is 56.0. The number of benzene rings is 2. The summed E-state index contributed by atoms with van der Waals surface area (Å²) in [6.45, 7) is 1.07. The van der Waals surface area contributed by atoms with Crippen molar-refractivity contribution in [2.45, 2.75) is 95.0 Å². The van der Waals surface area contributed by atoms with Gasteiger partial charge in [0, 0.05) is 66.0 Å². The van der Waals surface area contributed by atoms with Crippen LogP contribution in [0.4, 0.5) is 4.39 Å². The van der Waals surface area contributed by atoms with Crippen LogP contribution in [-0.2, 0) is 89.0 Å². The number of aromatic nitrogens is 2. The Labute approximate surface area is 455 Å². The monoisotopic (exact) mass is 1100 g/mol. The van der Waals surface area contributed by atoms with Crippen LogP contribution in [0.15, 0.2) is 59.4 Å². The Balaban J connectivity index is 0.828. The molecule has 80 heavy (non-hydrogen) atoms. The number of pyridine rings is 2. The van der Waals surface area contributed by atoms with Gasteiger partial charge in [0.1, 0.15) is 24.0 Å². The van der Waals surface area contributed by atoms with Crippen molar-refractivity contribution in [3.8, 4) is 11.4 Å². The van der Waals surface area contributed by atoms with Gasteiger partial charge in [0.25, 0.3) is 17.4 Å². The van der Waals surface area contributed by atoms with Crippen molar-refractivity contribution < 1.29 is 72.0 Å². The molecule has 2 unspecified atom stereocenters. The molecule has 9 rings (SSSR count). The van der Waals surface area contributed by atoms with Crippen molar-refractivity contribution in [1.82, 2.24) is 46.4 Å². The number of carboxylic acid groups (broad SMARTS) is 1. The largest absolute Gasteiger partial charge is 0.481 e. The highest BCUT2D eigenvalue weighted by Crippen LogP contribution is 2.48. The number of amides is 8. The summed E-state index contributed by atoms with van der Waals surface area (Å²) in [5.74, 6) is -9.22. The number of esters is 1. The molecule has 25 heteroatoms. The molecule has 3 aliphatic heterocycles. The number of carbonyl (C=O) groups is 10. The Morgan fingerprint density at radius 3 is 2.33 bits per heavy atom. The minimum Gasteiger partial charge on any atom is -0.481 e. The molecule has 5 aliphatic rings. The molecule has 0 spiro atoms. The predicted molar refractivity (Wildman–Crippen MR) is 277 cm³/mol. The molecular weight excluding hydrogens is 1050 g/mol. The molecule has 5 atom stereocenters. The number of halogens is 1. The smallest absolute Gasteiger partial charge is 0.343 e. The van der Waals surface area contributed by atoms with Crippen LogP contribution in [0.3, 0.4) is 0 Å². The van der Waals surface area contributed by atoms with Crippen LogP contribution in [0.1, 0.15) is 83.9 Å². The van der Waals surface area contributed by atoms with Gasteiger partial charge in [0.15, 0.2) is 5.60 Å². The van der Waals surface area contributed by atoms with E-state index in [1.54, 1.807) is 50.2 Å². The molecule has 5 heterocycles. The van der Waals surface area contributed by atoms with Gasteiger partial charge in [-0.15, -0.1) is 0 Å². The van der Waals surface area contributed by atoms with Gasteiger partial charge < -0.3 is 56.2 Å². The third-order valence-corrected chi connectivity index (χ3v) is 15.4. The number of hydrogen-bond donors (Lipinski definition) is 8. The van der Waals surface area contributed by atoms with Crippen LogP contribution in [0.5, 0.6) is 0 Å². The summed E-state index contributed by atoms with van der Waals surface area (Å²) in [4.78, 5) is 148. The number of ether oxygens (including phenoxy) is 2. The molecule has 420 valence electrons. The van der Waals surface area contributed by atoms with Crippen molar-refractivity contribution >= 4 is 70.1 Å². The van der Waals surface area contributed by atoms with Crippen LogP contribution >= 0.6 is 0 Å². The molecule has 4 aromatic rings. The van der Waals surface area contributed by atoms with Gasteiger partial charge in [0.2, 0.25) is 35.4 Å². The second-order valence-electron chi connectivity index (χ2n) is 20.4. The average Bonchev–Trinajstić information content (AvgIpc) is 4.03. The number of aliphatic hydroxyl groups is 1. The first-order valence-corrected chi connectivity index (χ1v) is 26.1. The van der Waals surface area contributed by atoms with Crippen LogP contribution in [-0.4, -0.2) is 141 Å². The van der Waals surface area contributed by atoms with Gasteiger partial charge in [-0.05, 0) is 60.9 Å². The highest BCUT2D eigenvalue weighted by Gasteiger charge is 2.61. The standard InChI is InChI=1S/C55H58FN9O15/c1-3-55(78)35-19-39-49-33(26-65(39)51(75)34(35)27-80-53(55)77)47-30(9-10-32-28(2)36(56)20-37(62-49)48(32)47)22-60-52(76)54(21-31(54)18-46(72)73)63-43(69)25-59-50(74)38(17-29-7-5-4-6-8-29)61-42(68)24-58-41(67)23-57-40(66)13-15-79-16-14-64-44(70)11-12-45(64)71/h4-8,11-12,19-20,30-31,38,78H,3,9-10,13-18,21-27H2,1-2H3,(H,57,66)(H,58,67)(H,59,74)(H,60,76)(H,61,68)(H,63,69)(H,72,73)/t30-,31?,38+,54?,55+/m1/s1. The lowest BCUT2D eigenvalue weighted by molar-refractivity contribution is -0.172.